The monoisotopic (exact) mass is 282 g/mol. The molecule has 0 bridgehead atoms. The standard InChI is InChI=1S/C13H19BrN2/c14-11-7-6-10(13(15)8-11)9-16-12-4-2-1-3-5-12/h6-8,12,16H,1-5,9,15H2. The summed E-state index contributed by atoms with van der Waals surface area (Å²) in [5.74, 6) is 0. The third kappa shape index (κ3) is 3.22. The summed E-state index contributed by atoms with van der Waals surface area (Å²) in [6, 6.07) is 6.80. The zero-order valence-electron chi connectivity index (χ0n) is 9.51. The van der Waals surface area contributed by atoms with E-state index in [-0.39, 0.29) is 0 Å². The first-order chi connectivity index (χ1) is 7.75. The Morgan fingerprint density at radius 2 is 2.00 bits per heavy atom. The van der Waals surface area contributed by atoms with Gasteiger partial charge in [-0.2, -0.15) is 0 Å². The normalized spacial score (nSPS) is 17.6. The van der Waals surface area contributed by atoms with E-state index in [0.717, 1.165) is 16.7 Å². The van der Waals surface area contributed by atoms with E-state index in [0.29, 0.717) is 6.04 Å². The summed E-state index contributed by atoms with van der Waals surface area (Å²) < 4.78 is 1.05. The molecule has 0 aromatic heterocycles. The maximum atomic E-state index is 5.97. The van der Waals surface area contributed by atoms with Gasteiger partial charge in [0.1, 0.15) is 0 Å². The van der Waals surface area contributed by atoms with Crippen LogP contribution in [0.1, 0.15) is 37.7 Å². The molecule has 0 radical (unpaired) electrons. The molecule has 0 spiro atoms. The number of nitrogens with one attached hydrogen (secondary N) is 1. The van der Waals surface area contributed by atoms with Crippen LogP contribution in [0.25, 0.3) is 0 Å². The molecule has 3 heteroatoms. The van der Waals surface area contributed by atoms with Gasteiger partial charge < -0.3 is 11.1 Å². The second-order valence-electron chi connectivity index (χ2n) is 4.56. The molecule has 1 aliphatic carbocycles. The quantitative estimate of drug-likeness (QED) is 0.834. The summed E-state index contributed by atoms with van der Waals surface area (Å²) >= 11 is 3.42. The molecule has 0 saturated heterocycles. The van der Waals surface area contributed by atoms with Gasteiger partial charge in [-0.1, -0.05) is 41.3 Å². The molecule has 0 aliphatic heterocycles. The number of anilines is 1. The molecular weight excluding hydrogens is 264 g/mol. The maximum Gasteiger partial charge on any atom is 0.0370 e. The molecule has 0 heterocycles. The van der Waals surface area contributed by atoms with E-state index < -0.39 is 0 Å². The van der Waals surface area contributed by atoms with Crippen molar-refractivity contribution in [3.8, 4) is 0 Å². The van der Waals surface area contributed by atoms with Crippen LogP contribution in [0, 0.1) is 0 Å². The minimum atomic E-state index is 0.691. The van der Waals surface area contributed by atoms with Crippen LogP contribution >= 0.6 is 15.9 Å². The van der Waals surface area contributed by atoms with Crippen LogP contribution in [0.3, 0.4) is 0 Å². The summed E-state index contributed by atoms with van der Waals surface area (Å²) in [6.07, 6.45) is 6.77. The Morgan fingerprint density at radius 1 is 1.25 bits per heavy atom. The molecule has 1 aromatic rings. The largest absolute Gasteiger partial charge is 0.398 e. The molecule has 2 rings (SSSR count). The fourth-order valence-corrected chi connectivity index (χ4v) is 2.67. The van der Waals surface area contributed by atoms with Crippen LogP contribution in [0.2, 0.25) is 0 Å². The number of benzene rings is 1. The highest BCUT2D eigenvalue weighted by atomic mass is 79.9. The van der Waals surface area contributed by atoms with Crippen LogP contribution in [-0.2, 0) is 6.54 Å². The average Bonchev–Trinajstić information content (AvgIpc) is 2.29. The third-order valence-corrected chi connectivity index (χ3v) is 3.79. The summed E-state index contributed by atoms with van der Waals surface area (Å²) in [6.45, 7) is 0.893. The topological polar surface area (TPSA) is 38.0 Å². The zero-order valence-corrected chi connectivity index (χ0v) is 11.1. The van der Waals surface area contributed by atoms with Gasteiger partial charge in [0.2, 0.25) is 0 Å². The van der Waals surface area contributed by atoms with Crippen molar-refractivity contribution in [1.29, 1.82) is 0 Å². The number of hydrogen-bond donors (Lipinski definition) is 2. The van der Waals surface area contributed by atoms with Crippen molar-refractivity contribution in [1.82, 2.24) is 5.32 Å². The highest BCUT2D eigenvalue weighted by molar-refractivity contribution is 9.10. The predicted octanol–water partition coefficient (Wildman–Crippen LogP) is 3.45. The van der Waals surface area contributed by atoms with Gasteiger partial charge in [0.05, 0.1) is 0 Å². The van der Waals surface area contributed by atoms with Crippen molar-refractivity contribution in [3.05, 3.63) is 28.2 Å². The predicted molar refractivity (Wildman–Crippen MR) is 72.3 cm³/mol. The van der Waals surface area contributed by atoms with E-state index in [1.807, 2.05) is 12.1 Å². The Balaban J connectivity index is 1.88. The third-order valence-electron chi connectivity index (χ3n) is 3.29. The molecule has 1 aliphatic rings. The molecule has 0 atom stereocenters. The lowest BCUT2D eigenvalue weighted by Gasteiger charge is -2.23. The van der Waals surface area contributed by atoms with Gasteiger partial charge in [0, 0.05) is 22.7 Å². The van der Waals surface area contributed by atoms with Gasteiger partial charge >= 0.3 is 0 Å². The fraction of sp³-hybridized carbons (Fsp3) is 0.538. The molecular formula is C13H19BrN2. The Labute approximate surface area is 106 Å². The molecule has 1 aromatic carbocycles. The molecule has 3 N–H and O–H groups in total. The lowest BCUT2D eigenvalue weighted by Crippen LogP contribution is -2.30. The van der Waals surface area contributed by atoms with Crippen LogP contribution in [-0.4, -0.2) is 6.04 Å². The molecule has 16 heavy (non-hydrogen) atoms. The van der Waals surface area contributed by atoms with Gasteiger partial charge in [-0.05, 0) is 30.5 Å². The van der Waals surface area contributed by atoms with Crippen molar-refractivity contribution >= 4 is 21.6 Å². The van der Waals surface area contributed by atoms with Crippen molar-refractivity contribution < 1.29 is 0 Å². The Bertz CT molecular complexity index is 346. The average molecular weight is 283 g/mol. The van der Waals surface area contributed by atoms with Gasteiger partial charge in [0.15, 0.2) is 0 Å². The highest BCUT2D eigenvalue weighted by Gasteiger charge is 2.12. The summed E-state index contributed by atoms with van der Waals surface area (Å²) in [7, 11) is 0. The van der Waals surface area contributed by atoms with Crippen molar-refractivity contribution in [2.75, 3.05) is 5.73 Å². The molecule has 0 unspecified atom stereocenters. The Kier molecular flexibility index (Phi) is 4.24. The molecule has 1 fully saturated rings. The zero-order chi connectivity index (χ0) is 11.4. The summed E-state index contributed by atoms with van der Waals surface area (Å²) in [4.78, 5) is 0. The van der Waals surface area contributed by atoms with Crippen LogP contribution in [0.15, 0.2) is 22.7 Å². The highest BCUT2D eigenvalue weighted by Crippen LogP contribution is 2.21. The Morgan fingerprint density at radius 3 is 2.69 bits per heavy atom. The number of halogens is 1. The van der Waals surface area contributed by atoms with Gasteiger partial charge in [0.25, 0.3) is 0 Å². The second-order valence-corrected chi connectivity index (χ2v) is 5.47. The van der Waals surface area contributed by atoms with Crippen LogP contribution in [0.5, 0.6) is 0 Å². The molecule has 1 saturated carbocycles. The van der Waals surface area contributed by atoms with Crippen LogP contribution in [0.4, 0.5) is 5.69 Å². The summed E-state index contributed by atoms with van der Waals surface area (Å²) in [5, 5.41) is 3.60. The van der Waals surface area contributed by atoms with E-state index in [4.69, 9.17) is 5.73 Å². The molecule has 0 amide bonds. The van der Waals surface area contributed by atoms with Crippen molar-refractivity contribution in [2.24, 2.45) is 0 Å². The first-order valence-electron chi connectivity index (χ1n) is 6.03. The van der Waals surface area contributed by atoms with E-state index in [1.165, 1.54) is 37.7 Å². The SMILES string of the molecule is Nc1cc(Br)ccc1CNC1CCCCC1. The van der Waals surface area contributed by atoms with Gasteiger partial charge in [-0.25, -0.2) is 0 Å². The first-order valence-corrected chi connectivity index (χ1v) is 6.82. The second kappa shape index (κ2) is 5.69. The van der Waals surface area contributed by atoms with Crippen molar-refractivity contribution in [3.63, 3.8) is 0 Å². The number of hydrogen-bond acceptors (Lipinski definition) is 2. The minimum absolute atomic E-state index is 0.691. The first kappa shape index (κ1) is 11.9. The van der Waals surface area contributed by atoms with Gasteiger partial charge in [-0.3, -0.25) is 0 Å². The number of rotatable bonds is 3. The fourth-order valence-electron chi connectivity index (χ4n) is 2.29. The summed E-state index contributed by atoms with van der Waals surface area (Å²) in [5.41, 5.74) is 8.04. The minimum Gasteiger partial charge on any atom is -0.398 e. The lowest BCUT2D eigenvalue weighted by atomic mass is 9.95. The molecule has 2 nitrogen and oxygen atoms in total. The van der Waals surface area contributed by atoms with Crippen molar-refractivity contribution in [2.45, 2.75) is 44.7 Å². The number of nitrogens with two attached hydrogens (primary N) is 1. The van der Waals surface area contributed by atoms with Gasteiger partial charge in [-0.15, -0.1) is 0 Å². The Hall–Kier alpha value is -0.540. The van der Waals surface area contributed by atoms with E-state index >= 15 is 0 Å². The van der Waals surface area contributed by atoms with Crippen LogP contribution < -0.4 is 11.1 Å². The maximum absolute atomic E-state index is 5.97. The van der Waals surface area contributed by atoms with E-state index in [2.05, 4.69) is 27.3 Å². The smallest absolute Gasteiger partial charge is 0.0370 e. The van der Waals surface area contributed by atoms with E-state index in [9.17, 15) is 0 Å². The van der Waals surface area contributed by atoms with E-state index in [1.54, 1.807) is 0 Å². The molecule has 88 valence electrons. The number of nitrogen functional groups attached to an aromatic ring is 1. The lowest BCUT2D eigenvalue weighted by molar-refractivity contribution is 0.372.